The lowest BCUT2D eigenvalue weighted by Crippen LogP contribution is -2.07. The Morgan fingerprint density at radius 3 is 2.31 bits per heavy atom. The van der Waals surface area contributed by atoms with Crippen molar-refractivity contribution in [2.75, 3.05) is 7.11 Å². The van der Waals surface area contributed by atoms with Crippen LogP contribution in [0.15, 0.2) is 67.3 Å². The molecule has 0 aliphatic heterocycles. The van der Waals surface area contributed by atoms with Crippen LogP contribution in [0.5, 0.6) is 28.9 Å². The molecule has 148 valence electrons. The molecular formula is C20H14F2N2O5. The molecule has 0 saturated heterocycles. The van der Waals surface area contributed by atoms with Crippen molar-refractivity contribution in [2.45, 2.75) is 0 Å². The molecule has 0 spiro atoms. The molecule has 1 aromatic heterocycles. The van der Waals surface area contributed by atoms with Crippen molar-refractivity contribution in [2.24, 2.45) is 0 Å². The topological polar surface area (TPSA) is 79.8 Å². The van der Waals surface area contributed by atoms with Gasteiger partial charge < -0.3 is 18.9 Å². The standard InChI is InChI=1S/C20H14F2N2O5/c1-26-11-9-18(25)29-20-15(27-17-8-10-23-12-24-17)6-3-7-16(20)28-19-13(21)4-2-5-14(19)22/h2-12H,1H3. The minimum atomic E-state index is -0.927. The fourth-order valence-electron chi connectivity index (χ4n) is 2.16. The van der Waals surface area contributed by atoms with Crippen LogP contribution in [0, 0.1) is 11.6 Å². The third kappa shape index (κ3) is 5.04. The Hall–Kier alpha value is -4.01. The number of rotatable bonds is 7. The number of esters is 1. The maximum atomic E-state index is 14.0. The minimum absolute atomic E-state index is 0.0251. The van der Waals surface area contributed by atoms with Crippen LogP contribution in [0.3, 0.4) is 0 Å². The first-order chi connectivity index (χ1) is 14.1. The predicted molar refractivity (Wildman–Crippen MR) is 96.8 cm³/mol. The second kappa shape index (κ2) is 9.27. The lowest BCUT2D eigenvalue weighted by Gasteiger charge is -2.15. The van der Waals surface area contributed by atoms with E-state index in [0.717, 1.165) is 24.5 Å². The first kappa shape index (κ1) is 19.7. The highest BCUT2D eigenvalue weighted by molar-refractivity contribution is 5.85. The third-order valence-corrected chi connectivity index (χ3v) is 3.39. The van der Waals surface area contributed by atoms with Gasteiger partial charge >= 0.3 is 5.97 Å². The van der Waals surface area contributed by atoms with Gasteiger partial charge in [-0.1, -0.05) is 12.1 Å². The molecule has 0 saturated carbocycles. The molecule has 0 amide bonds. The molecule has 2 aromatic carbocycles. The van der Waals surface area contributed by atoms with Gasteiger partial charge in [-0.05, 0) is 24.3 Å². The summed E-state index contributed by atoms with van der Waals surface area (Å²) in [7, 11) is 1.35. The van der Waals surface area contributed by atoms with Crippen LogP contribution < -0.4 is 14.2 Å². The number of aromatic nitrogens is 2. The summed E-state index contributed by atoms with van der Waals surface area (Å²) in [6.45, 7) is 0. The van der Waals surface area contributed by atoms with E-state index in [1.165, 1.54) is 50.0 Å². The molecule has 0 fully saturated rings. The molecule has 7 nitrogen and oxygen atoms in total. The summed E-state index contributed by atoms with van der Waals surface area (Å²) >= 11 is 0. The highest BCUT2D eigenvalue weighted by Crippen LogP contribution is 2.42. The third-order valence-electron chi connectivity index (χ3n) is 3.39. The van der Waals surface area contributed by atoms with Crippen molar-refractivity contribution < 1.29 is 32.5 Å². The SMILES string of the molecule is COC=CC(=O)Oc1c(Oc2ccncn2)cccc1Oc1c(F)cccc1F. The van der Waals surface area contributed by atoms with Crippen molar-refractivity contribution >= 4 is 5.97 Å². The molecule has 0 atom stereocenters. The number of carbonyl (C=O) groups excluding carboxylic acids is 1. The van der Waals surface area contributed by atoms with Gasteiger partial charge in [0, 0.05) is 12.3 Å². The molecule has 0 radical (unpaired) electrons. The summed E-state index contributed by atoms with van der Waals surface area (Å²) in [5.41, 5.74) is 0. The van der Waals surface area contributed by atoms with Gasteiger partial charge in [-0.25, -0.2) is 23.5 Å². The average molecular weight is 400 g/mol. The number of hydrogen-bond acceptors (Lipinski definition) is 7. The Kier molecular flexibility index (Phi) is 6.31. The molecule has 0 N–H and O–H groups in total. The highest BCUT2D eigenvalue weighted by Gasteiger charge is 2.20. The van der Waals surface area contributed by atoms with Gasteiger partial charge in [0.25, 0.3) is 0 Å². The van der Waals surface area contributed by atoms with Crippen LogP contribution in [-0.4, -0.2) is 23.0 Å². The van der Waals surface area contributed by atoms with Gasteiger partial charge in [0.2, 0.25) is 11.6 Å². The lowest BCUT2D eigenvalue weighted by atomic mass is 10.2. The van der Waals surface area contributed by atoms with E-state index in [-0.39, 0.29) is 23.1 Å². The molecule has 3 rings (SSSR count). The number of para-hydroxylation sites is 2. The molecule has 9 heteroatoms. The summed E-state index contributed by atoms with van der Waals surface area (Å²) in [4.78, 5) is 19.7. The van der Waals surface area contributed by atoms with Crippen molar-refractivity contribution in [1.82, 2.24) is 9.97 Å². The van der Waals surface area contributed by atoms with E-state index in [2.05, 4.69) is 14.7 Å². The number of carbonyl (C=O) groups is 1. The van der Waals surface area contributed by atoms with E-state index < -0.39 is 23.4 Å². The van der Waals surface area contributed by atoms with E-state index in [1.54, 1.807) is 0 Å². The maximum Gasteiger partial charge on any atom is 0.339 e. The van der Waals surface area contributed by atoms with Crippen LogP contribution in [0.4, 0.5) is 8.78 Å². The normalized spacial score (nSPS) is 10.6. The van der Waals surface area contributed by atoms with Crippen LogP contribution >= 0.6 is 0 Å². The summed E-state index contributed by atoms with van der Waals surface area (Å²) in [5, 5.41) is 0. The monoisotopic (exact) mass is 400 g/mol. The highest BCUT2D eigenvalue weighted by atomic mass is 19.1. The van der Waals surface area contributed by atoms with Crippen molar-refractivity contribution in [3.63, 3.8) is 0 Å². The number of ether oxygens (including phenoxy) is 4. The van der Waals surface area contributed by atoms with Crippen molar-refractivity contribution in [3.8, 4) is 28.9 Å². The average Bonchev–Trinajstić information content (AvgIpc) is 2.72. The number of nitrogens with zero attached hydrogens (tertiary/aromatic N) is 2. The zero-order chi connectivity index (χ0) is 20.6. The molecular weight excluding hydrogens is 386 g/mol. The van der Waals surface area contributed by atoms with Gasteiger partial charge in [0.1, 0.15) is 6.33 Å². The largest absolute Gasteiger partial charge is 0.504 e. The summed E-state index contributed by atoms with van der Waals surface area (Å²) in [6.07, 6.45) is 4.82. The molecule has 29 heavy (non-hydrogen) atoms. The maximum absolute atomic E-state index is 14.0. The van der Waals surface area contributed by atoms with Gasteiger partial charge in [-0.3, -0.25) is 0 Å². The fourth-order valence-corrected chi connectivity index (χ4v) is 2.16. The minimum Gasteiger partial charge on any atom is -0.504 e. The Balaban J connectivity index is 2.01. The van der Waals surface area contributed by atoms with Crippen LogP contribution in [0.2, 0.25) is 0 Å². The smallest absolute Gasteiger partial charge is 0.339 e. The quantitative estimate of drug-likeness (QED) is 0.252. The number of benzene rings is 2. The zero-order valence-electron chi connectivity index (χ0n) is 15.0. The van der Waals surface area contributed by atoms with E-state index in [4.69, 9.17) is 14.2 Å². The molecule has 1 heterocycles. The van der Waals surface area contributed by atoms with Gasteiger partial charge in [0.15, 0.2) is 28.9 Å². The fraction of sp³-hybridized carbons (Fsp3) is 0.0500. The number of halogens is 2. The van der Waals surface area contributed by atoms with Crippen LogP contribution in [0.1, 0.15) is 0 Å². The molecule has 0 bridgehead atoms. The lowest BCUT2D eigenvalue weighted by molar-refractivity contribution is -0.129. The van der Waals surface area contributed by atoms with E-state index in [1.807, 2.05) is 0 Å². The van der Waals surface area contributed by atoms with E-state index >= 15 is 0 Å². The van der Waals surface area contributed by atoms with Gasteiger partial charge in [-0.2, -0.15) is 0 Å². The molecule has 0 aliphatic rings. The van der Waals surface area contributed by atoms with Crippen LogP contribution in [-0.2, 0) is 9.53 Å². The summed E-state index contributed by atoms with van der Waals surface area (Å²) in [6, 6.07) is 9.06. The molecule has 3 aromatic rings. The number of hydrogen-bond donors (Lipinski definition) is 0. The summed E-state index contributed by atoms with van der Waals surface area (Å²) < 4.78 is 48.9. The second-order valence-electron chi connectivity index (χ2n) is 5.35. The van der Waals surface area contributed by atoms with E-state index in [0.29, 0.717) is 0 Å². The first-order valence-corrected chi connectivity index (χ1v) is 8.18. The van der Waals surface area contributed by atoms with Gasteiger partial charge in [-0.15, -0.1) is 0 Å². The van der Waals surface area contributed by atoms with E-state index in [9.17, 15) is 13.6 Å². The Morgan fingerprint density at radius 1 is 0.966 bits per heavy atom. The Bertz CT molecular complexity index is 1010. The first-order valence-electron chi connectivity index (χ1n) is 8.18. The number of methoxy groups -OCH3 is 1. The predicted octanol–water partition coefficient (Wildman–Crippen LogP) is 4.40. The van der Waals surface area contributed by atoms with Gasteiger partial charge in [0.05, 0.1) is 19.4 Å². The summed E-state index contributed by atoms with van der Waals surface area (Å²) in [5.74, 6) is -3.52. The van der Waals surface area contributed by atoms with Crippen molar-refractivity contribution in [1.29, 1.82) is 0 Å². The zero-order valence-corrected chi connectivity index (χ0v) is 15.0. The molecule has 0 aliphatic carbocycles. The Morgan fingerprint density at radius 2 is 1.66 bits per heavy atom. The second-order valence-corrected chi connectivity index (χ2v) is 5.35. The Labute approximate surface area is 164 Å². The van der Waals surface area contributed by atoms with Crippen molar-refractivity contribution in [3.05, 3.63) is 79.0 Å². The van der Waals surface area contributed by atoms with Crippen LogP contribution in [0.25, 0.3) is 0 Å². The molecule has 0 unspecified atom stereocenters.